The second kappa shape index (κ2) is 5.97. The first-order chi connectivity index (χ1) is 10.6. The molecule has 5 heteroatoms. The van der Waals surface area contributed by atoms with E-state index >= 15 is 0 Å². The Labute approximate surface area is 126 Å². The number of ether oxygens (including phenoxy) is 1. The summed E-state index contributed by atoms with van der Waals surface area (Å²) in [5, 5.41) is 3.97. The molecule has 0 radical (unpaired) electrons. The minimum absolute atomic E-state index is 0.0872. The largest absolute Gasteiger partial charge is 0.485 e. The van der Waals surface area contributed by atoms with Crippen molar-refractivity contribution < 1.29 is 18.0 Å². The molecule has 0 bridgehead atoms. The van der Waals surface area contributed by atoms with Crippen LogP contribution in [0, 0.1) is 18.6 Å². The smallest absolute Gasteiger partial charge is 0.174 e. The van der Waals surface area contributed by atoms with Crippen molar-refractivity contribution in [1.82, 2.24) is 5.16 Å². The fraction of sp³-hybridized carbons (Fsp3) is 0.118. The van der Waals surface area contributed by atoms with Gasteiger partial charge in [0.1, 0.15) is 18.1 Å². The molecule has 0 aliphatic rings. The summed E-state index contributed by atoms with van der Waals surface area (Å²) >= 11 is 0. The quantitative estimate of drug-likeness (QED) is 0.711. The number of halogens is 2. The number of aryl methyl sites for hydroxylation is 1. The highest BCUT2D eigenvalue weighted by Crippen LogP contribution is 2.21. The number of rotatable bonds is 4. The Morgan fingerprint density at radius 2 is 1.77 bits per heavy atom. The summed E-state index contributed by atoms with van der Waals surface area (Å²) < 4.78 is 36.4. The van der Waals surface area contributed by atoms with Gasteiger partial charge in [-0.25, -0.2) is 8.78 Å². The van der Waals surface area contributed by atoms with E-state index in [1.165, 1.54) is 6.07 Å². The maximum Gasteiger partial charge on any atom is 0.174 e. The summed E-state index contributed by atoms with van der Waals surface area (Å²) in [6, 6.07) is 13.0. The SMILES string of the molecule is Cc1ccc(-c2cc(COc3ccc(F)c(F)c3)on2)cc1. The van der Waals surface area contributed by atoms with Gasteiger partial charge in [0.05, 0.1) is 0 Å². The van der Waals surface area contributed by atoms with Crippen molar-refractivity contribution in [2.45, 2.75) is 13.5 Å². The minimum atomic E-state index is -0.949. The van der Waals surface area contributed by atoms with E-state index in [0.717, 1.165) is 23.3 Å². The lowest BCUT2D eigenvalue weighted by atomic mass is 10.1. The highest BCUT2D eigenvalue weighted by atomic mass is 19.2. The first-order valence-corrected chi connectivity index (χ1v) is 6.72. The average Bonchev–Trinajstić information content (AvgIpc) is 2.98. The topological polar surface area (TPSA) is 35.3 Å². The van der Waals surface area contributed by atoms with E-state index in [9.17, 15) is 8.78 Å². The molecule has 1 heterocycles. The van der Waals surface area contributed by atoms with E-state index < -0.39 is 11.6 Å². The van der Waals surface area contributed by atoms with Crippen molar-refractivity contribution in [1.29, 1.82) is 0 Å². The zero-order valence-electron chi connectivity index (χ0n) is 11.8. The number of hydrogen-bond acceptors (Lipinski definition) is 3. The van der Waals surface area contributed by atoms with Crippen LogP contribution in [-0.4, -0.2) is 5.16 Å². The molecule has 2 aromatic carbocycles. The van der Waals surface area contributed by atoms with Gasteiger partial charge in [0, 0.05) is 17.7 Å². The van der Waals surface area contributed by atoms with Crippen molar-refractivity contribution in [3.8, 4) is 17.0 Å². The molecular formula is C17H13F2NO2. The monoisotopic (exact) mass is 301 g/mol. The maximum atomic E-state index is 13.1. The number of aromatic nitrogens is 1. The third kappa shape index (κ3) is 3.14. The van der Waals surface area contributed by atoms with Crippen LogP contribution in [0.25, 0.3) is 11.3 Å². The zero-order chi connectivity index (χ0) is 15.5. The highest BCUT2D eigenvalue weighted by molar-refractivity contribution is 5.59. The van der Waals surface area contributed by atoms with Gasteiger partial charge in [-0.15, -0.1) is 0 Å². The molecule has 3 nitrogen and oxygen atoms in total. The van der Waals surface area contributed by atoms with E-state index in [2.05, 4.69) is 5.16 Å². The molecule has 0 spiro atoms. The lowest BCUT2D eigenvalue weighted by Gasteiger charge is -2.03. The molecule has 0 N–H and O–H groups in total. The Balaban J connectivity index is 1.69. The molecule has 22 heavy (non-hydrogen) atoms. The summed E-state index contributed by atoms with van der Waals surface area (Å²) in [5.74, 6) is -1.13. The predicted octanol–water partition coefficient (Wildman–Crippen LogP) is 4.51. The molecule has 0 saturated carbocycles. The predicted molar refractivity (Wildman–Crippen MR) is 77.4 cm³/mol. The van der Waals surface area contributed by atoms with Gasteiger partial charge in [0.15, 0.2) is 17.4 Å². The second-order valence-corrected chi connectivity index (χ2v) is 4.91. The fourth-order valence-corrected chi connectivity index (χ4v) is 1.96. The van der Waals surface area contributed by atoms with Gasteiger partial charge < -0.3 is 9.26 Å². The van der Waals surface area contributed by atoms with Crippen LogP contribution in [0.1, 0.15) is 11.3 Å². The van der Waals surface area contributed by atoms with Crippen LogP contribution in [0.5, 0.6) is 5.75 Å². The van der Waals surface area contributed by atoms with Gasteiger partial charge in [0.25, 0.3) is 0 Å². The Bertz CT molecular complexity index is 782. The summed E-state index contributed by atoms with van der Waals surface area (Å²) in [7, 11) is 0. The third-order valence-corrected chi connectivity index (χ3v) is 3.18. The van der Waals surface area contributed by atoms with E-state index in [1.54, 1.807) is 6.07 Å². The van der Waals surface area contributed by atoms with Crippen LogP contribution >= 0.6 is 0 Å². The molecule has 0 unspecified atom stereocenters. The van der Waals surface area contributed by atoms with Crippen LogP contribution in [0.4, 0.5) is 8.78 Å². The van der Waals surface area contributed by atoms with Gasteiger partial charge in [-0.05, 0) is 19.1 Å². The average molecular weight is 301 g/mol. The van der Waals surface area contributed by atoms with Crippen molar-refractivity contribution >= 4 is 0 Å². The molecule has 0 amide bonds. The highest BCUT2D eigenvalue weighted by Gasteiger charge is 2.08. The van der Waals surface area contributed by atoms with Crippen molar-refractivity contribution in [3.63, 3.8) is 0 Å². The molecule has 0 aliphatic heterocycles. The molecule has 0 saturated heterocycles. The first-order valence-electron chi connectivity index (χ1n) is 6.72. The lowest BCUT2D eigenvalue weighted by Crippen LogP contribution is -1.95. The van der Waals surface area contributed by atoms with Crippen LogP contribution in [-0.2, 0) is 6.61 Å². The van der Waals surface area contributed by atoms with E-state index in [0.29, 0.717) is 11.5 Å². The van der Waals surface area contributed by atoms with Crippen molar-refractivity contribution in [3.05, 3.63) is 71.5 Å². The van der Waals surface area contributed by atoms with Crippen LogP contribution in [0.2, 0.25) is 0 Å². The van der Waals surface area contributed by atoms with Crippen molar-refractivity contribution in [2.75, 3.05) is 0 Å². The zero-order valence-corrected chi connectivity index (χ0v) is 11.8. The second-order valence-electron chi connectivity index (χ2n) is 4.91. The Morgan fingerprint density at radius 1 is 1.00 bits per heavy atom. The molecule has 3 aromatic rings. The molecule has 3 rings (SSSR count). The number of benzene rings is 2. The summed E-state index contributed by atoms with van der Waals surface area (Å²) in [6.45, 7) is 2.09. The summed E-state index contributed by atoms with van der Waals surface area (Å²) in [4.78, 5) is 0. The lowest BCUT2D eigenvalue weighted by molar-refractivity contribution is 0.248. The Hall–Kier alpha value is -2.69. The molecule has 0 atom stereocenters. The first kappa shape index (κ1) is 14.3. The Morgan fingerprint density at radius 3 is 2.50 bits per heavy atom. The van der Waals surface area contributed by atoms with Crippen LogP contribution in [0.15, 0.2) is 53.1 Å². The van der Waals surface area contributed by atoms with E-state index in [-0.39, 0.29) is 12.4 Å². The maximum absolute atomic E-state index is 13.1. The molecule has 0 aliphatic carbocycles. The number of hydrogen-bond donors (Lipinski definition) is 0. The Kier molecular flexibility index (Phi) is 3.87. The molecule has 1 aromatic heterocycles. The summed E-state index contributed by atoms with van der Waals surface area (Å²) in [6.07, 6.45) is 0. The van der Waals surface area contributed by atoms with Gasteiger partial charge in [-0.2, -0.15) is 0 Å². The van der Waals surface area contributed by atoms with E-state index in [1.807, 2.05) is 31.2 Å². The molecule has 0 fully saturated rings. The number of nitrogens with zero attached hydrogens (tertiary/aromatic N) is 1. The van der Waals surface area contributed by atoms with Gasteiger partial charge in [0.2, 0.25) is 0 Å². The normalized spacial score (nSPS) is 10.7. The summed E-state index contributed by atoms with van der Waals surface area (Å²) in [5.41, 5.74) is 2.80. The molecular weight excluding hydrogens is 288 g/mol. The van der Waals surface area contributed by atoms with Crippen molar-refractivity contribution in [2.24, 2.45) is 0 Å². The third-order valence-electron chi connectivity index (χ3n) is 3.18. The fourth-order valence-electron chi connectivity index (χ4n) is 1.96. The van der Waals surface area contributed by atoms with Crippen LogP contribution in [0.3, 0.4) is 0 Å². The van der Waals surface area contributed by atoms with Gasteiger partial charge in [-0.1, -0.05) is 35.0 Å². The van der Waals surface area contributed by atoms with Gasteiger partial charge in [-0.3, -0.25) is 0 Å². The minimum Gasteiger partial charge on any atom is -0.485 e. The van der Waals surface area contributed by atoms with Gasteiger partial charge >= 0.3 is 0 Å². The standard InChI is InChI=1S/C17H13F2NO2/c1-11-2-4-12(5-3-11)17-9-14(22-20-17)10-21-13-6-7-15(18)16(19)8-13/h2-9H,10H2,1H3. The van der Waals surface area contributed by atoms with E-state index in [4.69, 9.17) is 9.26 Å². The molecule has 112 valence electrons. The van der Waals surface area contributed by atoms with Crippen LogP contribution < -0.4 is 4.74 Å².